The normalized spacial score (nSPS) is 15.2. The van der Waals surface area contributed by atoms with Crippen LogP contribution in [0.1, 0.15) is 24.0 Å². The molecule has 2 rings (SSSR count). The highest BCUT2D eigenvalue weighted by atomic mass is 16.6. The van der Waals surface area contributed by atoms with E-state index in [0.29, 0.717) is 0 Å². The standard InChI is InChI=1S/C12H14N2O2/c1-9-7-11(14(15)16)4-5-12(9)10-3-2-6-13-8-10/h4-5,7-8,13H,2-3,6H2,1H3. The fraction of sp³-hybridized carbons (Fsp3) is 0.333. The van der Waals surface area contributed by atoms with Crippen molar-refractivity contribution >= 4 is 11.3 Å². The van der Waals surface area contributed by atoms with Crippen LogP contribution in [0.2, 0.25) is 0 Å². The van der Waals surface area contributed by atoms with Crippen LogP contribution in [-0.2, 0) is 0 Å². The summed E-state index contributed by atoms with van der Waals surface area (Å²) in [6.45, 7) is 2.92. The quantitative estimate of drug-likeness (QED) is 0.613. The molecule has 0 fully saturated rings. The number of nitrogens with zero attached hydrogens (tertiary/aromatic N) is 1. The van der Waals surface area contributed by atoms with E-state index in [2.05, 4.69) is 5.32 Å². The van der Waals surface area contributed by atoms with E-state index in [1.807, 2.05) is 19.2 Å². The highest BCUT2D eigenvalue weighted by Crippen LogP contribution is 2.27. The van der Waals surface area contributed by atoms with Crippen molar-refractivity contribution in [2.24, 2.45) is 0 Å². The molecule has 0 amide bonds. The summed E-state index contributed by atoms with van der Waals surface area (Å²) in [5.41, 5.74) is 3.46. The molecule has 0 atom stereocenters. The second kappa shape index (κ2) is 4.35. The number of nitrogens with one attached hydrogen (secondary N) is 1. The van der Waals surface area contributed by atoms with E-state index >= 15 is 0 Å². The van der Waals surface area contributed by atoms with Crippen molar-refractivity contribution in [3.63, 3.8) is 0 Å². The molecular formula is C12H14N2O2. The molecular weight excluding hydrogens is 204 g/mol. The molecule has 0 radical (unpaired) electrons. The maximum Gasteiger partial charge on any atom is 0.269 e. The van der Waals surface area contributed by atoms with Crippen LogP contribution >= 0.6 is 0 Å². The average Bonchev–Trinajstić information content (AvgIpc) is 2.30. The topological polar surface area (TPSA) is 55.2 Å². The number of rotatable bonds is 2. The molecule has 1 aliphatic heterocycles. The smallest absolute Gasteiger partial charge is 0.269 e. The van der Waals surface area contributed by atoms with Gasteiger partial charge in [0.25, 0.3) is 5.69 Å². The van der Waals surface area contributed by atoms with Crippen molar-refractivity contribution in [1.29, 1.82) is 0 Å². The molecule has 1 aliphatic rings. The van der Waals surface area contributed by atoms with E-state index in [1.165, 1.54) is 5.57 Å². The predicted octanol–water partition coefficient (Wildman–Crippen LogP) is 2.63. The van der Waals surface area contributed by atoms with Gasteiger partial charge in [-0.15, -0.1) is 0 Å². The summed E-state index contributed by atoms with van der Waals surface area (Å²) in [7, 11) is 0. The Bertz CT molecular complexity index is 452. The zero-order chi connectivity index (χ0) is 11.5. The summed E-state index contributed by atoms with van der Waals surface area (Å²) < 4.78 is 0. The van der Waals surface area contributed by atoms with Gasteiger partial charge >= 0.3 is 0 Å². The van der Waals surface area contributed by atoms with Gasteiger partial charge in [0.1, 0.15) is 0 Å². The van der Waals surface area contributed by atoms with Crippen molar-refractivity contribution in [1.82, 2.24) is 5.32 Å². The minimum atomic E-state index is -0.357. The molecule has 1 aromatic rings. The largest absolute Gasteiger partial charge is 0.391 e. The maximum atomic E-state index is 10.6. The van der Waals surface area contributed by atoms with E-state index in [-0.39, 0.29) is 10.6 Å². The van der Waals surface area contributed by atoms with Gasteiger partial charge in [-0.2, -0.15) is 0 Å². The van der Waals surface area contributed by atoms with Crippen molar-refractivity contribution in [3.8, 4) is 0 Å². The minimum absolute atomic E-state index is 0.158. The van der Waals surface area contributed by atoms with Crippen molar-refractivity contribution in [2.75, 3.05) is 6.54 Å². The highest BCUT2D eigenvalue weighted by Gasteiger charge is 2.12. The van der Waals surface area contributed by atoms with Gasteiger partial charge in [0, 0.05) is 24.9 Å². The third-order valence-corrected chi connectivity index (χ3v) is 2.81. The molecule has 1 aromatic carbocycles. The van der Waals surface area contributed by atoms with E-state index in [1.54, 1.807) is 12.1 Å². The van der Waals surface area contributed by atoms with Crippen LogP contribution in [0.25, 0.3) is 5.57 Å². The third kappa shape index (κ3) is 2.05. The zero-order valence-electron chi connectivity index (χ0n) is 9.19. The number of hydrogen-bond acceptors (Lipinski definition) is 3. The summed E-state index contributed by atoms with van der Waals surface area (Å²) in [6, 6.07) is 5.04. The lowest BCUT2D eigenvalue weighted by Gasteiger charge is -2.16. The van der Waals surface area contributed by atoms with Gasteiger partial charge in [-0.3, -0.25) is 10.1 Å². The number of aryl methyl sites for hydroxylation is 1. The Morgan fingerprint density at radius 3 is 2.81 bits per heavy atom. The summed E-state index contributed by atoms with van der Waals surface area (Å²) in [5.74, 6) is 0. The van der Waals surface area contributed by atoms with Crippen molar-refractivity contribution in [3.05, 3.63) is 45.6 Å². The van der Waals surface area contributed by atoms with E-state index in [0.717, 1.165) is 30.5 Å². The Balaban J connectivity index is 2.35. The van der Waals surface area contributed by atoms with Crippen LogP contribution in [0.15, 0.2) is 24.4 Å². The minimum Gasteiger partial charge on any atom is -0.391 e. The van der Waals surface area contributed by atoms with Gasteiger partial charge in [-0.05, 0) is 42.5 Å². The molecule has 16 heavy (non-hydrogen) atoms. The molecule has 0 unspecified atom stereocenters. The monoisotopic (exact) mass is 218 g/mol. The van der Waals surface area contributed by atoms with Crippen molar-refractivity contribution < 1.29 is 4.92 Å². The van der Waals surface area contributed by atoms with Crippen LogP contribution in [0, 0.1) is 17.0 Å². The highest BCUT2D eigenvalue weighted by molar-refractivity contribution is 5.69. The van der Waals surface area contributed by atoms with Gasteiger partial charge in [-0.25, -0.2) is 0 Å². The van der Waals surface area contributed by atoms with Crippen LogP contribution in [0.5, 0.6) is 0 Å². The van der Waals surface area contributed by atoms with Gasteiger partial charge in [0.05, 0.1) is 4.92 Å². The number of benzene rings is 1. The first-order valence-electron chi connectivity index (χ1n) is 5.36. The molecule has 1 heterocycles. The Hall–Kier alpha value is -1.84. The first-order valence-corrected chi connectivity index (χ1v) is 5.36. The number of nitro groups is 1. The third-order valence-electron chi connectivity index (χ3n) is 2.81. The Morgan fingerprint density at radius 2 is 2.25 bits per heavy atom. The summed E-state index contributed by atoms with van der Waals surface area (Å²) >= 11 is 0. The maximum absolute atomic E-state index is 10.6. The van der Waals surface area contributed by atoms with E-state index in [4.69, 9.17) is 0 Å². The molecule has 0 spiro atoms. The van der Waals surface area contributed by atoms with E-state index in [9.17, 15) is 10.1 Å². The SMILES string of the molecule is Cc1cc([N+](=O)[O-])ccc1C1=CNCCC1. The second-order valence-electron chi connectivity index (χ2n) is 3.98. The lowest BCUT2D eigenvalue weighted by atomic mass is 9.96. The Kier molecular flexibility index (Phi) is 2.90. The lowest BCUT2D eigenvalue weighted by Crippen LogP contribution is -2.13. The van der Waals surface area contributed by atoms with Gasteiger partial charge in [0.2, 0.25) is 0 Å². The van der Waals surface area contributed by atoms with Crippen LogP contribution < -0.4 is 5.32 Å². The van der Waals surface area contributed by atoms with E-state index < -0.39 is 0 Å². The molecule has 0 bridgehead atoms. The number of hydrogen-bond donors (Lipinski definition) is 1. The molecule has 0 aliphatic carbocycles. The summed E-state index contributed by atoms with van der Waals surface area (Å²) in [6.07, 6.45) is 4.16. The molecule has 4 nitrogen and oxygen atoms in total. The van der Waals surface area contributed by atoms with Gasteiger partial charge < -0.3 is 5.32 Å². The first kappa shape index (κ1) is 10.7. The Labute approximate surface area is 94.1 Å². The fourth-order valence-corrected chi connectivity index (χ4v) is 1.98. The molecule has 0 aromatic heterocycles. The molecule has 84 valence electrons. The summed E-state index contributed by atoms with van der Waals surface area (Å²) in [4.78, 5) is 10.3. The van der Waals surface area contributed by atoms with Gasteiger partial charge in [0.15, 0.2) is 0 Å². The molecule has 0 saturated heterocycles. The number of non-ortho nitro benzene ring substituents is 1. The average molecular weight is 218 g/mol. The number of nitro benzene ring substituents is 1. The lowest BCUT2D eigenvalue weighted by molar-refractivity contribution is -0.384. The summed E-state index contributed by atoms with van der Waals surface area (Å²) in [5, 5.41) is 13.8. The van der Waals surface area contributed by atoms with Crippen molar-refractivity contribution in [2.45, 2.75) is 19.8 Å². The van der Waals surface area contributed by atoms with Crippen LogP contribution in [0.3, 0.4) is 0 Å². The molecule has 0 saturated carbocycles. The zero-order valence-corrected chi connectivity index (χ0v) is 9.19. The Morgan fingerprint density at radius 1 is 1.44 bits per heavy atom. The molecule has 4 heteroatoms. The second-order valence-corrected chi connectivity index (χ2v) is 3.98. The first-order chi connectivity index (χ1) is 7.68. The van der Waals surface area contributed by atoms with Gasteiger partial charge in [-0.1, -0.05) is 0 Å². The number of allylic oxidation sites excluding steroid dienone is 1. The van der Waals surface area contributed by atoms with Crippen LogP contribution in [0.4, 0.5) is 5.69 Å². The molecule has 1 N–H and O–H groups in total. The van der Waals surface area contributed by atoms with Crippen LogP contribution in [-0.4, -0.2) is 11.5 Å². The predicted molar refractivity (Wildman–Crippen MR) is 63.0 cm³/mol. The fourth-order valence-electron chi connectivity index (χ4n) is 1.98.